The molecule has 0 saturated heterocycles. The molecule has 0 unspecified atom stereocenters. The lowest BCUT2D eigenvalue weighted by Crippen LogP contribution is -2.23. The molecule has 1 fully saturated rings. The standard InChI is InChI=1S/C10H12BrN3/c11-7-3-1-6(2-4-7)8-5-9(8)14-10(12)13/h1-4,8-9H,5H2,(H4,12,13,14)/t8-,9+/m0/s1. The van der Waals surface area contributed by atoms with Crippen LogP contribution in [0.3, 0.4) is 0 Å². The topological polar surface area (TPSA) is 64.4 Å². The summed E-state index contributed by atoms with van der Waals surface area (Å²) in [6, 6.07) is 8.59. The first-order valence-electron chi connectivity index (χ1n) is 4.51. The van der Waals surface area contributed by atoms with Crippen molar-refractivity contribution in [2.24, 2.45) is 16.5 Å². The van der Waals surface area contributed by atoms with Gasteiger partial charge in [-0.2, -0.15) is 0 Å². The predicted molar refractivity (Wildman–Crippen MR) is 61.1 cm³/mol. The number of benzene rings is 1. The average Bonchev–Trinajstić information content (AvgIpc) is 2.84. The molecule has 4 N–H and O–H groups in total. The largest absolute Gasteiger partial charge is 0.370 e. The van der Waals surface area contributed by atoms with E-state index < -0.39 is 0 Å². The van der Waals surface area contributed by atoms with Gasteiger partial charge in [0.1, 0.15) is 0 Å². The molecule has 0 amide bonds. The van der Waals surface area contributed by atoms with Gasteiger partial charge in [-0.3, -0.25) is 0 Å². The van der Waals surface area contributed by atoms with Crippen LogP contribution in [0.5, 0.6) is 0 Å². The summed E-state index contributed by atoms with van der Waals surface area (Å²) in [5.74, 6) is 0.694. The van der Waals surface area contributed by atoms with E-state index in [2.05, 4.69) is 33.1 Å². The summed E-state index contributed by atoms with van der Waals surface area (Å²) in [6.07, 6.45) is 1.06. The maximum Gasteiger partial charge on any atom is 0.186 e. The van der Waals surface area contributed by atoms with Crippen LogP contribution in [-0.4, -0.2) is 12.0 Å². The average molecular weight is 254 g/mol. The maximum absolute atomic E-state index is 5.32. The van der Waals surface area contributed by atoms with Crippen molar-refractivity contribution in [1.82, 2.24) is 0 Å². The van der Waals surface area contributed by atoms with Gasteiger partial charge in [0.25, 0.3) is 0 Å². The molecule has 2 rings (SSSR count). The first-order valence-corrected chi connectivity index (χ1v) is 5.30. The van der Waals surface area contributed by atoms with Crippen LogP contribution in [0.2, 0.25) is 0 Å². The Kier molecular flexibility index (Phi) is 2.46. The minimum atomic E-state index is 0.189. The molecule has 0 aromatic heterocycles. The number of aliphatic imine (C=N–C) groups is 1. The van der Waals surface area contributed by atoms with Gasteiger partial charge in [-0.15, -0.1) is 0 Å². The van der Waals surface area contributed by atoms with E-state index in [1.807, 2.05) is 12.1 Å². The van der Waals surface area contributed by atoms with Crippen LogP contribution >= 0.6 is 15.9 Å². The number of hydrogen-bond acceptors (Lipinski definition) is 1. The maximum atomic E-state index is 5.32. The van der Waals surface area contributed by atoms with E-state index in [-0.39, 0.29) is 5.96 Å². The smallest absolute Gasteiger partial charge is 0.186 e. The number of guanidine groups is 1. The highest BCUT2D eigenvalue weighted by atomic mass is 79.9. The molecule has 3 nitrogen and oxygen atoms in total. The summed E-state index contributed by atoms with van der Waals surface area (Å²) < 4.78 is 1.10. The van der Waals surface area contributed by atoms with Gasteiger partial charge in [0, 0.05) is 10.4 Å². The lowest BCUT2D eigenvalue weighted by Gasteiger charge is -1.98. The second-order valence-corrected chi connectivity index (χ2v) is 4.43. The molecule has 1 aromatic rings. The normalized spacial score (nSPS) is 24.4. The number of hydrogen-bond donors (Lipinski definition) is 2. The van der Waals surface area contributed by atoms with Gasteiger partial charge in [0.2, 0.25) is 0 Å². The number of halogens is 1. The molecule has 0 heterocycles. The van der Waals surface area contributed by atoms with Crippen molar-refractivity contribution in [1.29, 1.82) is 0 Å². The Morgan fingerprint density at radius 1 is 1.29 bits per heavy atom. The zero-order valence-electron chi connectivity index (χ0n) is 7.65. The molecule has 1 aromatic carbocycles. The number of rotatable bonds is 2. The lowest BCUT2D eigenvalue weighted by molar-refractivity contribution is 0.982. The highest BCUT2D eigenvalue weighted by molar-refractivity contribution is 9.10. The van der Waals surface area contributed by atoms with Gasteiger partial charge in [-0.1, -0.05) is 28.1 Å². The van der Waals surface area contributed by atoms with Gasteiger partial charge >= 0.3 is 0 Å². The fourth-order valence-electron chi connectivity index (χ4n) is 1.58. The minimum Gasteiger partial charge on any atom is -0.370 e. The van der Waals surface area contributed by atoms with Crippen LogP contribution in [0.1, 0.15) is 17.9 Å². The van der Waals surface area contributed by atoms with Crippen LogP contribution in [-0.2, 0) is 0 Å². The van der Waals surface area contributed by atoms with Crippen LogP contribution in [0.25, 0.3) is 0 Å². The van der Waals surface area contributed by atoms with E-state index in [9.17, 15) is 0 Å². The molecule has 0 aliphatic heterocycles. The van der Waals surface area contributed by atoms with Crippen LogP contribution in [0.4, 0.5) is 0 Å². The quantitative estimate of drug-likeness (QED) is 0.621. The van der Waals surface area contributed by atoms with E-state index in [1.54, 1.807) is 0 Å². The molecular weight excluding hydrogens is 242 g/mol. The van der Waals surface area contributed by atoms with Crippen LogP contribution < -0.4 is 11.5 Å². The Balaban J connectivity index is 2.06. The molecule has 1 aliphatic carbocycles. The summed E-state index contributed by atoms with van der Waals surface area (Å²) in [4.78, 5) is 4.13. The summed E-state index contributed by atoms with van der Waals surface area (Å²) in [5, 5.41) is 0. The van der Waals surface area contributed by atoms with Crippen molar-refractivity contribution in [3.63, 3.8) is 0 Å². The van der Waals surface area contributed by atoms with Crippen molar-refractivity contribution in [2.45, 2.75) is 18.4 Å². The second kappa shape index (κ2) is 3.61. The van der Waals surface area contributed by atoms with E-state index in [0.717, 1.165) is 10.9 Å². The molecule has 1 saturated carbocycles. The summed E-state index contributed by atoms with van der Waals surface area (Å²) in [7, 11) is 0. The molecule has 14 heavy (non-hydrogen) atoms. The summed E-state index contributed by atoms with van der Waals surface area (Å²) in [5.41, 5.74) is 11.9. The van der Waals surface area contributed by atoms with E-state index in [0.29, 0.717) is 12.0 Å². The molecule has 2 atom stereocenters. The van der Waals surface area contributed by atoms with Gasteiger partial charge in [0.15, 0.2) is 5.96 Å². The fourth-order valence-corrected chi connectivity index (χ4v) is 1.85. The summed E-state index contributed by atoms with van der Waals surface area (Å²) >= 11 is 3.40. The molecular formula is C10H12BrN3. The van der Waals surface area contributed by atoms with Crippen molar-refractivity contribution in [3.8, 4) is 0 Å². The number of nitrogens with zero attached hydrogens (tertiary/aromatic N) is 1. The summed E-state index contributed by atoms with van der Waals surface area (Å²) in [6.45, 7) is 0. The third kappa shape index (κ3) is 2.07. The SMILES string of the molecule is NC(N)=N[C@@H]1C[C@H]1c1ccc(Br)cc1. The van der Waals surface area contributed by atoms with E-state index in [4.69, 9.17) is 11.5 Å². The van der Waals surface area contributed by atoms with E-state index in [1.165, 1.54) is 5.56 Å². The Labute approximate surface area is 91.3 Å². The van der Waals surface area contributed by atoms with Crippen molar-refractivity contribution in [3.05, 3.63) is 34.3 Å². The highest BCUT2D eigenvalue weighted by Gasteiger charge is 2.38. The van der Waals surface area contributed by atoms with Crippen molar-refractivity contribution >= 4 is 21.9 Å². The van der Waals surface area contributed by atoms with Gasteiger partial charge in [-0.05, 0) is 24.1 Å². The van der Waals surface area contributed by atoms with Gasteiger partial charge in [0.05, 0.1) is 6.04 Å². The third-order valence-corrected chi connectivity index (χ3v) is 2.90. The highest BCUT2D eigenvalue weighted by Crippen LogP contribution is 2.43. The lowest BCUT2D eigenvalue weighted by atomic mass is 10.1. The van der Waals surface area contributed by atoms with Crippen LogP contribution in [0.15, 0.2) is 33.7 Å². The third-order valence-electron chi connectivity index (χ3n) is 2.37. The monoisotopic (exact) mass is 253 g/mol. The molecule has 0 spiro atoms. The second-order valence-electron chi connectivity index (χ2n) is 3.52. The number of nitrogens with two attached hydrogens (primary N) is 2. The Hall–Kier alpha value is -1.03. The van der Waals surface area contributed by atoms with E-state index >= 15 is 0 Å². The Morgan fingerprint density at radius 3 is 2.50 bits per heavy atom. The molecule has 74 valence electrons. The first-order chi connectivity index (χ1) is 6.66. The molecule has 0 bridgehead atoms. The zero-order valence-corrected chi connectivity index (χ0v) is 9.24. The molecule has 1 aliphatic rings. The fraction of sp³-hybridized carbons (Fsp3) is 0.300. The molecule has 4 heteroatoms. The van der Waals surface area contributed by atoms with Gasteiger partial charge < -0.3 is 11.5 Å². The van der Waals surface area contributed by atoms with Crippen molar-refractivity contribution < 1.29 is 0 Å². The Bertz CT molecular complexity index is 354. The van der Waals surface area contributed by atoms with Crippen LogP contribution in [0, 0.1) is 0 Å². The predicted octanol–water partition coefficient (Wildman–Crippen LogP) is 1.58. The van der Waals surface area contributed by atoms with Crippen molar-refractivity contribution in [2.75, 3.05) is 0 Å². The first kappa shape index (κ1) is 9.52. The Morgan fingerprint density at radius 2 is 1.93 bits per heavy atom. The minimum absolute atomic E-state index is 0.189. The zero-order chi connectivity index (χ0) is 10.1. The van der Waals surface area contributed by atoms with Gasteiger partial charge in [-0.25, -0.2) is 4.99 Å². The molecule has 0 radical (unpaired) electrons.